The fraction of sp³-hybridized carbons (Fsp3) is 0.611. The first-order valence-corrected chi connectivity index (χ1v) is 8.66. The van der Waals surface area contributed by atoms with E-state index in [-0.39, 0.29) is 18.3 Å². The lowest BCUT2D eigenvalue weighted by Crippen LogP contribution is -2.46. The zero-order valence-electron chi connectivity index (χ0n) is 15.8. The highest BCUT2D eigenvalue weighted by Crippen LogP contribution is 2.38. The average Bonchev–Trinajstić information content (AvgIpc) is 2.66. The molecule has 0 saturated carbocycles. The number of hydrogen-bond donors (Lipinski definition) is 2. The molecule has 0 bridgehead atoms. The van der Waals surface area contributed by atoms with Gasteiger partial charge in [-0.25, -0.2) is 0 Å². The predicted molar refractivity (Wildman–Crippen MR) is 104 cm³/mol. The van der Waals surface area contributed by atoms with Gasteiger partial charge < -0.3 is 24.8 Å². The molecular weight excluding hydrogens is 358 g/mol. The molecule has 1 saturated heterocycles. The topological polar surface area (TPSA) is 72.1 Å². The average molecular weight is 388 g/mol. The number of nitrogens with zero attached hydrogens (tertiary/aromatic N) is 1. The first kappa shape index (κ1) is 22.3. The van der Waals surface area contributed by atoms with Crippen molar-refractivity contribution in [1.29, 1.82) is 0 Å². The van der Waals surface area contributed by atoms with Crippen LogP contribution in [0.15, 0.2) is 12.1 Å². The number of halogens is 1. The largest absolute Gasteiger partial charge is 0.493 e. The van der Waals surface area contributed by atoms with E-state index in [0.29, 0.717) is 36.6 Å². The molecule has 0 aliphatic carbocycles. The van der Waals surface area contributed by atoms with Crippen molar-refractivity contribution in [3.8, 4) is 17.2 Å². The van der Waals surface area contributed by atoms with Gasteiger partial charge in [0.1, 0.15) is 0 Å². The number of piperazine rings is 1. The van der Waals surface area contributed by atoms with Gasteiger partial charge in [0.2, 0.25) is 11.7 Å². The maximum Gasteiger partial charge on any atom is 0.220 e. The van der Waals surface area contributed by atoms with Crippen LogP contribution in [0, 0.1) is 0 Å². The molecule has 148 valence electrons. The van der Waals surface area contributed by atoms with Gasteiger partial charge in [0.25, 0.3) is 0 Å². The molecule has 0 unspecified atom stereocenters. The lowest BCUT2D eigenvalue weighted by molar-refractivity contribution is -0.121. The van der Waals surface area contributed by atoms with Crippen molar-refractivity contribution in [1.82, 2.24) is 15.5 Å². The second-order valence-electron chi connectivity index (χ2n) is 5.98. The monoisotopic (exact) mass is 387 g/mol. The van der Waals surface area contributed by atoms with Gasteiger partial charge in [-0.05, 0) is 24.1 Å². The van der Waals surface area contributed by atoms with Crippen LogP contribution in [0.3, 0.4) is 0 Å². The lowest BCUT2D eigenvalue weighted by Gasteiger charge is -2.27. The van der Waals surface area contributed by atoms with Gasteiger partial charge in [-0.15, -0.1) is 12.4 Å². The molecule has 0 radical (unpaired) electrons. The van der Waals surface area contributed by atoms with Crippen molar-refractivity contribution in [2.45, 2.75) is 12.8 Å². The first-order chi connectivity index (χ1) is 12.2. The summed E-state index contributed by atoms with van der Waals surface area (Å²) < 4.78 is 16.0. The summed E-state index contributed by atoms with van der Waals surface area (Å²) in [5.41, 5.74) is 0.978. The Kier molecular flexibility index (Phi) is 10.2. The van der Waals surface area contributed by atoms with Crippen molar-refractivity contribution in [2.24, 2.45) is 0 Å². The standard InChI is InChI=1S/C18H29N3O4.ClH/c1-23-15-12-14(13-16(24-2)18(15)25-3)4-5-17(22)20-8-11-21-9-6-19-7-10-21;/h12-13,19H,4-11H2,1-3H3,(H,20,22);1H. The highest BCUT2D eigenvalue weighted by molar-refractivity contribution is 5.85. The van der Waals surface area contributed by atoms with Crippen molar-refractivity contribution >= 4 is 18.3 Å². The molecule has 1 aliphatic rings. The molecule has 2 rings (SSSR count). The number of methoxy groups -OCH3 is 3. The quantitative estimate of drug-likeness (QED) is 0.661. The maximum absolute atomic E-state index is 12.1. The summed E-state index contributed by atoms with van der Waals surface area (Å²) in [6.07, 6.45) is 1.05. The summed E-state index contributed by atoms with van der Waals surface area (Å²) in [5, 5.41) is 6.31. The third kappa shape index (κ3) is 6.55. The van der Waals surface area contributed by atoms with Gasteiger partial charge >= 0.3 is 0 Å². The minimum atomic E-state index is 0. The van der Waals surface area contributed by atoms with Gasteiger partial charge in [-0.2, -0.15) is 0 Å². The summed E-state index contributed by atoms with van der Waals surface area (Å²) >= 11 is 0. The molecule has 1 aromatic rings. The SMILES string of the molecule is COc1cc(CCC(=O)NCCN2CCNCC2)cc(OC)c1OC.Cl. The van der Waals surface area contributed by atoms with Gasteiger partial charge in [0, 0.05) is 45.7 Å². The van der Waals surface area contributed by atoms with E-state index >= 15 is 0 Å². The molecule has 7 nitrogen and oxygen atoms in total. The minimum absolute atomic E-state index is 0. The highest BCUT2D eigenvalue weighted by Gasteiger charge is 2.14. The van der Waals surface area contributed by atoms with E-state index in [0.717, 1.165) is 38.3 Å². The fourth-order valence-electron chi connectivity index (χ4n) is 2.91. The van der Waals surface area contributed by atoms with Crippen molar-refractivity contribution < 1.29 is 19.0 Å². The summed E-state index contributed by atoms with van der Waals surface area (Å²) in [5.74, 6) is 1.84. The van der Waals surface area contributed by atoms with Gasteiger partial charge in [-0.1, -0.05) is 0 Å². The molecule has 1 heterocycles. The molecule has 2 N–H and O–H groups in total. The summed E-state index contributed by atoms with van der Waals surface area (Å²) in [6.45, 7) is 5.72. The van der Waals surface area contributed by atoms with Crippen LogP contribution in [-0.2, 0) is 11.2 Å². The van der Waals surface area contributed by atoms with E-state index in [1.807, 2.05) is 12.1 Å². The van der Waals surface area contributed by atoms with E-state index in [1.54, 1.807) is 21.3 Å². The fourth-order valence-corrected chi connectivity index (χ4v) is 2.91. The lowest BCUT2D eigenvalue weighted by atomic mass is 10.1. The van der Waals surface area contributed by atoms with Crippen LogP contribution >= 0.6 is 12.4 Å². The van der Waals surface area contributed by atoms with Crippen LogP contribution in [0.25, 0.3) is 0 Å². The Bertz CT molecular complexity index is 540. The highest BCUT2D eigenvalue weighted by atomic mass is 35.5. The Morgan fingerprint density at radius 1 is 1.12 bits per heavy atom. The Morgan fingerprint density at radius 2 is 1.73 bits per heavy atom. The molecule has 0 spiro atoms. The molecule has 1 fully saturated rings. The zero-order chi connectivity index (χ0) is 18.1. The molecule has 0 atom stereocenters. The molecule has 8 heteroatoms. The van der Waals surface area contributed by atoms with E-state index in [9.17, 15) is 4.79 Å². The van der Waals surface area contributed by atoms with Crippen LogP contribution in [0.4, 0.5) is 0 Å². The van der Waals surface area contributed by atoms with Crippen molar-refractivity contribution in [3.63, 3.8) is 0 Å². The third-order valence-corrected chi connectivity index (χ3v) is 4.33. The molecule has 1 amide bonds. The maximum atomic E-state index is 12.1. The van der Waals surface area contributed by atoms with E-state index in [2.05, 4.69) is 15.5 Å². The number of ether oxygens (including phenoxy) is 3. The van der Waals surface area contributed by atoms with Crippen LogP contribution in [-0.4, -0.2) is 71.4 Å². The van der Waals surface area contributed by atoms with Gasteiger partial charge in [0.15, 0.2) is 11.5 Å². The van der Waals surface area contributed by atoms with E-state index < -0.39 is 0 Å². The van der Waals surface area contributed by atoms with Crippen LogP contribution in [0.2, 0.25) is 0 Å². The number of hydrogen-bond acceptors (Lipinski definition) is 6. The predicted octanol–water partition coefficient (Wildman–Crippen LogP) is 1.09. The second kappa shape index (κ2) is 11.8. The normalized spacial score (nSPS) is 14.3. The van der Waals surface area contributed by atoms with Crippen molar-refractivity contribution in [2.75, 3.05) is 60.6 Å². The minimum Gasteiger partial charge on any atom is -0.493 e. The Hall–Kier alpha value is -1.70. The molecule has 0 aromatic heterocycles. The molecule has 1 aromatic carbocycles. The Labute approximate surface area is 161 Å². The molecule has 26 heavy (non-hydrogen) atoms. The van der Waals surface area contributed by atoms with Gasteiger partial charge in [-0.3, -0.25) is 9.69 Å². The molecular formula is C18H30ClN3O4. The smallest absolute Gasteiger partial charge is 0.220 e. The number of aryl methyl sites for hydroxylation is 1. The Morgan fingerprint density at radius 3 is 2.27 bits per heavy atom. The van der Waals surface area contributed by atoms with Crippen LogP contribution < -0.4 is 24.8 Å². The van der Waals surface area contributed by atoms with Crippen LogP contribution in [0.1, 0.15) is 12.0 Å². The number of rotatable bonds is 9. The summed E-state index contributed by atoms with van der Waals surface area (Å²) in [6, 6.07) is 3.77. The number of nitrogens with one attached hydrogen (secondary N) is 2. The number of amides is 1. The van der Waals surface area contributed by atoms with Gasteiger partial charge in [0.05, 0.1) is 21.3 Å². The van der Waals surface area contributed by atoms with Crippen LogP contribution in [0.5, 0.6) is 17.2 Å². The number of carbonyl (C=O) groups excluding carboxylic acids is 1. The number of carbonyl (C=O) groups is 1. The third-order valence-electron chi connectivity index (χ3n) is 4.33. The molecule has 1 aliphatic heterocycles. The van der Waals surface area contributed by atoms with E-state index in [4.69, 9.17) is 14.2 Å². The number of benzene rings is 1. The zero-order valence-corrected chi connectivity index (χ0v) is 16.6. The van der Waals surface area contributed by atoms with Crippen molar-refractivity contribution in [3.05, 3.63) is 17.7 Å². The summed E-state index contributed by atoms with van der Waals surface area (Å²) in [4.78, 5) is 14.4. The first-order valence-electron chi connectivity index (χ1n) is 8.66. The second-order valence-corrected chi connectivity index (χ2v) is 5.98. The summed E-state index contributed by atoms with van der Waals surface area (Å²) in [7, 11) is 4.75. The van der Waals surface area contributed by atoms with E-state index in [1.165, 1.54) is 0 Å². The Balaban J connectivity index is 0.00000338.